The van der Waals surface area contributed by atoms with Crippen molar-refractivity contribution in [3.63, 3.8) is 0 Å². The summed E-state index contributed by atoms with van der Waals surface area (Å²) in [5, 5.41) is 9.56. The molecule has 0 unspecified atom stereocenters. The van der Waals surface area contributed by atoms with Gasteiger partial charge < -0.3 is 9.84 Å². The lowest BCUT2D eigenvalue weighted by molar-refractivity contribution is -0.161. The normalized spacial score (nSPS) is 25.2. The van der Waals surface area contributed by atoms with Gasteiger partial charge in [0.15, 0.2) is 6.10 Å². The Balaban J connectivity index is 1.64. The largest absolute Gasteiger partial charge is 0.481 e. The maximum Gasteiger partial charge on any atom is 0.311 e. The Morgan fingerprint density at radius 2 is 1.32 bits per heavy atom. The van der Waals surface area contributed by atoms with Gasteiger partial charge >= 0.3 is 11.9 Å². The molecule has 2 aliphatic carbocycles. The molecule has 0 aromatic heterocycles. The van der Waals surface area contributed by atoms with E-state index in [0.29, 0.717) is 17.5 Å². The number of halogens is 2. The van der Waals surface area contributed by atoms with Crippen molar-refractivity contribution in [2.24, 2.45) is 23.7 Å². The lowest BCUT2D eigenvalue weighted by Gasteiger charge is -2.26. The Labute approximate surface area is 160 Å². The van der Waals surface area contributed by atoms with Crippen LogP contribution in [0, 0.1) is 35.3 Å². The van der Waals surface area contributed by atoms with E-state index in [1.54, 1.807) is 0 Å². The lowest BCUT2D eigenvalue weighted by Crippen LogP contribution is -2.35. The van der Waals surface area contributed by atoms with Gasteiger partial charge in [0.2, 0.25) is 0 Å². The van der Waals surface area contributed by atoms with Crippen LogP contribution in [0.5, 0.6) is 0 Å². The summed E-state index contributed by atoms with van der Waals surface area (Å²) >= 11 is 0. The van der Waals surface area contributed by atoms with E-state index in [0.717, 1.165) is 0 Å². The number of carbonyl (C=O) groups excluding carboxylic acids is 1. The number of aliphatic carboxylic acids is 1. The zero-order valence-corrected chi connectivity index (χ0v) is 14.8. The molecule has 2 aromatic carbocycles. The Hall–Kier alpha value is -3.02. The molecular formula is C22H18F2O4. The van der Waals surface area contributed by atoms with Crippen LogP contribution < -0.4 is 0 Å². The fourth-order valence-corrected chi connectivity index (χ4v) is 4.28. The first kappa shape index (κ1) is 18.3. The van der Waals surface area contributed by atoms with E-state index in [1.807, 2.05) is 12.2 Å². The van der Waals surface area contributed by atoms with Gasteiger partial charge in [0.05, 0.1) is 11.8 Å². The minimum Gasteiger partial charge on any atom is -0.481 e. The molecule has 0 heterocycles. The first-order valence-corrected chi connectivity index (χ1v) is 9.06. The van der Waals surface area contributed by atoms with E-state index in [4.69, 9.17) is 4.74 Å². The summed E-state index contributed by atoms with van der Waals surface area (Å²) in [5.41, 5.74) is 1.04. The minimum absolute atomic E-state index is 0.166. The molecule has 1 fully saturated rings. The molecule has 0 aliphatic heterocycles. The molecule has 144 valence electrons. The van der Waals surface area contributed by atoms with Crippen LogP contribution in [0.2, 0.25) is 0 Å². The molecule has 1 N–H and O–H groups in total. The van der Waals surface area contributed by atoms with Gasteiger partial charge in [-0.3, -0.25) is 9.59 Å². The fourth-order valence-electron chi connectivity index (χ4n) is 4.28. The second-order valence-corrected chi connectivity index (χ2v) is 7.26. The molecule has 4 rings (SSSR count). The highest BCUT2D eigenvalue weighted by molar-refractivity contribution is 5.83. The van der Waals surface area contributed by atoms with Gasteiger partial charge in [-0.25, -0.2) is 8.78 Å². The van der Waals surface area contributed by atoms with E-state index < -0.39 is 41.5 Å². The number of carbonyl (C=O) groups is 2. The van der Waals surface area contributed by atoms with E-state index in [1.165, 1.54) is 48.5 Å². The number of benzene rings is 2. The maximum atomic E-state index is 13.3. The van der Waals surface area contributed by atoms with Crippen molar-refractivity contribution in [1.82, 2.24) is 0 Å². The highest BCUT2D eigenvalue weighted by Gasteiger charge is 2.52. The van der Waals surface area contributed by atoms with Crippen molar-refractivity contribution in [2.75, 3.05) is 0 Å². The van der Waals surface area contributed by atoms with E-state index >= 15 is 0 Å². The highest BCUT2D eigenvalue weighted by atomic mass is 19.1. The molecule has 28 heavy (non-hydrogen) atoms. The summed E-state index contributed by atoms with van der Waals surface area (Å²) in [6.45, 7) is 0. The van der Waals surface area contributed by atoms with Gasteiger partial charge in [-0.2, -0.15) is 0 Å². The predicted molar refractivity (Wildman–Crippen MR) is 96.1 cm³/mol. The Kier molecular flexibility index (Phi) is 4.71. The summed E-state index contributed by atoms with van der Waals surface area (Å²) in [6, 6.07) is 11.0. The number of fused-ring (bicyclic) bond motifs is 2. The molecule has 2 aliphatic rings. The summed E-state index contributed by atoms with van der Waals surface area (Å²) in [6.07, 6.45) is 3.46. The fraction of sp³-hybridized carbons (Fsp3) is 0.273. The zero-order valence-electron chi connectivity index (χ0n) is 14.8. The van der Waals surface area contributed by atoms with Crippen LogP contribution in [-0.2, 0) is 14.3 Å². The summed E-state index contributed by atoms with van der Waals surface area (Å²) in [4.78, 5) is 24.7. The number of carboxylic acids is 1. The summed E-state index contributed by atoms with van der Waals surface area (Å²) in [5.74, 6) is -4.41. The van der Waals surface area contributed by atoms with Crippen LogP contribution in [0.15, 0.2) is 60.7 Å². The molecule has 2 bridgehead atoms. The third kappa shape index (κ3) is 3.30. The number of hydrogen-bond donors (Lipinski definition) is 1. The molecule has 4 nitrogen and oxygen atoms in total. The van der Waals surface area contributed by atoms with Crippen molar-refractivity contribution < 1.29 is 28.2 Å². The van der Waals surface area contributed by atoms with Crippen LogP contribution in [0.4, 0.5) is 8.78 Å². The molecule has 2 aromatic rings. The lowest BCUT2D eigenvalue weighted by atomic mass is 9.83. The standard InChI is InChI=1S/C22H18F2O4/c23-16-7-3-12(4-8-16)20(13-5-9-17(24)10-6-13)28-22(27)19-15-2-1-14(11-15)18(19)21(25)26/h1-10,14-15,18-20H,11H2,(H,25,26)/t14-,15+,18-,19-/m0/s1. The average molecular weight is 384 g/mol. The van der Waals surface area contributed by atoms with E-state index in [9.17, 15) is 23.5 Å². The van der Waals surface area contributed by atoms with Crippen molar-refractivity contribution in [3.05, 3.63) is 83.4 Å². The highest BCUT2D eigenvalue weighted by Crippen LogP contribution is 2.49. The van der Waals surface area contributed by atoms with Crippen LogP contribution in [0.3, 0.4) is 0 Å². The topological polar surface area (TPSA) is 63.6 Å². The predicted octanol–water partition coefficient (Wildman–Crippen LogP) is 4.12. The quantitative estimate of drug-likeness (QED) is 0.622. The first-order chi connectivity index (χ1) is 13.4. The number of allylic oxidation sites excluding steroid dienone is 2. The zero-order chi connectivity index (χ0) is 19.8. The number of rotatable bonds is 5. The van der Waals surface area contributed by atoms with Crippen molar-refractivity contribution in [3.8, 4) is 0 Å². The molecule has 6 heteroatoms. The molecule has 1 saturated carbocycles. The third-order valence-corrected chi connectivity index (χ3v) is 5.60. The molecular weight excluding hydrogens is 366 g/mol. The third-order valence-electron chi connectivity index (χ3n) is 5.60. The monoisotopic (exact) mass is 384 g/mol. The van der Waals surface area contributed by atoms with Gasteiger partial charge in [0.25, 0.3) is 0 Å². The van der Waals surface area contributed by atoms with Crippen LogP contribution in [0.1, 0.15) is 23.7 Å². The van der Waals surface area contributed by atoms with Gasteiger partial charge in [-0.15, -0.1) is 0 Å². The molecule has 0 saturated heterocycles. The van der Waals surface area contributed by atoms with Crippen molar-refractivity contribution >= 4 is 11.9 Å². The summed E-state index contributed by atoms with van der Waals surface area (Å²) in [7, 11) is 0. The molecule has 0 amide bonds. The average Bonchev–Trinajstić information content (AvgIpc) is 3.29. The second kappa shape index (κ2) is 7.19. The number of hydrogen-bond acceptors (Lipinski definition) is 3. The van der Waals surface area contributed by atoms with E-state index in [-0.39, 0.29) is 11.8 Å². The molecule has 0 spiro atoms. The van der Waals surface area contributed by atoms with Crippen molar-refractivity contribution in [2.45, 2.75) is 12.5 Å². The minimum atomic E-state index is -1.01. The Morgan fingerprint density at radius 3 is 1.79 bits per heavy atom. The summed E-state index contributed by atoms with van der Waals surface area (Å²) < 4.78 is 32.4. The Bertz CT molecular complexity index is 875. The van der Waals surface area contributed by atoms with Gasteiger partial charge in [-0.05, 0) is 53.6 Å². The van der Waals surface area contributed by atoms with Crippen molar-refractivity contribution in [1.29, 1.82) is 0 Å². The van der Waals surface area contributed by atoms with Gasteiger partial charge in [0, 0.05) is 0 Å². The number of ether oxygens (including phenoxy) is 1. The second-order valence-electron chi connectivity index (χ2n) is 7.26. The smallest absolute Gasteiger partial charge is 0.311 e. The van der Waals surface area contributed by atoms with Gasteiger partial charge in [0.1, 0.15) is 11.6 Å². The number of esters is 1. The van der Waals surface area contributed by atoms with Crippen LogP contribution >= 0.6 is 0 Å². The van der Waals surface area contributed by atoms with E-state index in [2.05, 4.69) is 0 Å². The molecule has 0 radical (unpaired) electrons. The molecule has 4 atom stereocenters. The SMILES string of the molecule is O=C(OC(c1ccc(F)cc1)c1ccc(F)cc1)[C@@H]1[C@@H](C(=O)O)[C@H]2C=C[C@@H]1C2. The van der Waals surface area contributed by atoms with Gasteiger partial charge in [-0.1, -0.05) is 36.4 Å². The first-order valence-electron chi connectivity index (χ1n) is 9.06. The number of carboxylic acid groups (broad SMARTS) is 1. The Morgan fingerprint density at radius 1 is 0.857 bits per heavy atom. The maximum absolute atomic E-state index is 13.3. The van der Waals surface area contributed by atoms with Crippen LogP contribution in [0.25, 0.3) is 0 Å². The van der Waals surface area contributed by atoms with Crippen LogP contribution in [-0.4, -0.2) is 17.0 Å².